The molecule has 1 aromatic carbocycles. The fourth-order valence-electron chi connectivity index (χ4n) is 2.99. The number of nitrogens with zero attached hydrogens (tertiary/aromatic N) is 4. The fourth-order valence-corrected chi connectivity index (χ4v) is 3.89. The zero-order valence-corrected chi connectivity index (χ0v) is 13.4. The Morgan fingerprint density at radius 2 is 2.05 bits per heavy atom. The van der Waals surface area contributed by atoms with E-state index in [0.29, 0.717) is 18.5 Å². The maximum atomic E-state index is 6.16. The Hall–Kier alpha value is -1.69. The number of fused-ring (bicyclic) bond motifs is 1. The van der Waals surface area contributed by atoms with Crippen LogP contribution in [0.3, 0.4) is 0 Å². The molecule has 1 aliphatic heterocycles. The molecule has 5 nitrogen and oxygen atoms in total. The van der Waals surface area contributed by atoms with Crippen LogP contribution in [0.25, 0.3) is 11.0 Å². The van der Waals surface area contributed by atoms with Gasteiger partial charge in [-0.05, 0) is 25.0 Å². The summed E-state index contributed by atoms with van der Waals surface area (Å²) in [7, 11) is 0. The van der Waals surface area contributed by atoms with Gasteiger partial charge >= 0.3 is 0 Å². The normalized spacial score (nSPS) is 19.8. The largest absolute Gasteiger partial charge is 0.370 e. The van der Waals surface area contributed by atoms with Crippen molar-refractivity contribution in [3.63, 3.8) is 0 Å². The van der Waals surface area contributed by atoms with Gasteiger partial charge < -0.3 is 15.2 Å². The third-order valence-corrected chi connectivity index (χ3v) is 5.24. The molecule has 22 heavy (non-hydrogen) atoms. The lowest BCUT2D eigenvalue weighted by Crippen LogP contribution is -2.42. The molecule has 1 saturated carbocycles. The molecule has 2 fully saturated rings. The van der Waals surface area contributed by atoms with Crippen molar-refractivity contribution in [3.05, 3.63) is 30.1 Å². The summed E-state index contributed by atoms with van der Waals surface area (Å²) >= 11 is 1.98. The Labute approximate surface area is 134 Å². The maximum absolute atomic E-state index is 6.16. The van der Waals surface area contributed by atoms with Gasteiger partial charge in [-0.15, -0.1) is 0 Å². The summed E-state index contributed by atoms with van der Waals surface area (Å²) in [6.07, 6.45) is 2.49. The molecule has 0 unspecified atom stereocenters. The van der Waals surface area contributed by atoms with Crippen molar-refractivity contribution in [1.29, 1.82) is 0 Å². The first-order valence-electron chi connectivity index (χ1n) is 7.91. The second kappa shape index (κ2) is 5.83. The van der Waals surface area contributed by atoms with E-state index in [2.05, 4.69) is 32.7 Å². The first kappa shape index (κ1) is 13.9. The lowest BCUT2D eigenvalue weighted by Gasteiger charge is -2.27. The minimum atomic E-state index is 0.570. The van der Waals surface area contributed by atoms with Gasteiger partial charge in [0.1, 0.15) is 12.4 Å². The third-order valence-electron chi connectivity index (χ3n) is 4.30. The Morgan fingerprint density at radius 3 is 2.82 bits per heavy atom. The monoisotopic (exact) mass is 315 g/mol. The smallest absolute Gasteiger partial charge is 0.191 e. The number of thioether (sulfide) groups is 1. The van der Waals surface area contributed by atoms with Gasteiger partial charge in [-0.2, -0.15) is 11.8 Å². The van der Waals surface area contributed by atoms with Crippen LogP contribution in [-0.4, -0.2) is 45.0 Å². The van der Waals surface area contributed by atoms with Crippen LogP contribution in [0.15, 0.2) is 29.3 Å². The molecule has 0 radical (unpaired) electrons. The van der Waals surface area contributed by atoms with E-state index in [-0.39, 0.29) is 0 Å². The summed E-state index contributed by atoms with van der Waals surface area (Å²) in [5, 5.41) is 0. The molecule has 2 N–H and O–H groups in total. The Morgan fingerprint density at radius 1 is 1.27 bits per heavy atom. The average Bonchev–Trinajstić information content (AvgIpc) is 3.33. The second-order valence-corrected chi connectivity index (χ2v) is 7.12. The van der Waals surface area contributed by atoms with E-state index in [4.69, 9.17) is 10.7 Å². The first-order chi connectivity index (χ1) is 10.8. The molecule has 2 heterocycles. The van der Waals surface area contributed by atoms with Crippen LogP contribution in [0.1, 0.15) is 24.7 Å². The quantitative estimate of drug-likeness (QED) is 0.697. The maximum Gasteiger partial charge on any atom is 0.191 e. The van der Waals surface area contributed by atoms with Crippen molar-refractivity contribution < 1.29 is 0 Å². The molecule has 1 aromatic heterocycles. The number of aromatic nitrogens is 2. The van der Waals surface area contributed by atoms with Crippen molar-refractivity contribution >= 4 is 28.8 Å². The summed E-state index contributed by atoms with van der Waals surface area (Å²) in [6.45, 7) is 2.57. The highest BCUT2D eigenvalue weighted by molar-refractivity contribution is 7.99. The first-order valence-corrected chi connectivity index (χ1v) is 9.07. The predicted molar refractivity (Wildman–Crippen MR) is 92.2 cm³/mol. The summed E-state index contributed by atoms with van der Waals surface area (Å²) < 4.78 is 2.36. The molecule has 1 saturated heterocycles. The van der Waals surface area contributed by atoms with Crippen LogP contribution in [0, 0.1) is 0 Å². The van der Waals surface area contributed by atoms with E-state index in [1.165, 1.54) is 18.4 Å². The number of hydrogen-bond donors (Lipinski definition) is 1. The van der Waals surface area contributed by atoms with Gasteiger partial charge in [0, 0.05) is 30.6 Å². The van der Waals surface area contributed by atoms with E-state index in [1.807, 2.05) is 17.8 Å². The van der Waals surface area contributed by atoms with E-state index in [0.717, 1.165) is 35.9 Å². The summed E-state index contributed by atoms with van der Waals surface area (Å²) in [5.74, 6) is 3.97. The molecular weight excluding hydrogens is 294 g/mol. The number of rotatable bonds is 3. The predicted octanol–water partition coefficient (Wildman–Crippen LogP) is 2.23. The van der Waals surface area contributed by atoms with Crippen molar-refractivity contribution in [2.45, 2.75) is 25.4 Å². The number of guanidine groups is 1. The molecule has 4 rings (SSSR count). The van der Waals surface area contributed by atoms with Crippen LogP contribution >= 0.6 is 11.8 Å². The highest BCUT2D eigenvalue weighted by Gasteiger charge is 2.28. The fraction of sp³-hybridized carbons (Fsp3) is 0.500. The summed E-state index contributed by atoms with van der Waals surface area (Å²) in [5.41, 5.74) is 8.45. The zero-order chi connectivity index (χ0) is 14.9. The van der Waals surface area contributed by atoms with E-state index in [1.54, 1.807) is 0 Å². The van der Waals surface area contributed by atoms with Gasteiger partial charge in [-0.1, -0.05) is 12.1 Å². The van der Waals surface area contributed by atoms with Crippen molar-refractivity contribution in [3.8, 4) is 0 Å². The van der Waals surface area contributed by atoms with E-state index >= 15 is 0 Å². The van der Waals surface area contributed by atoms with Gasteiger partial charge in [0.05, 0.1) is 11.0 Å². The van der Waals surface area contributed by atoms with Crippen molar-refractivity contribution in [1.82, 2.24) is 14.5 Å². The second-order valence-electron chi connectivity index (χ2n) is 5.89. The number of nitrogens with two attached hydrogens (primary N) is 1. The highest BCUT2D eigenvalue weighted by atomic mass is 32.2. The Kier molecular flexibility index (Phi) is 3.70. The molecule has 2 aromatic rings. The van der Waals surface area contributed by atoms with Crippen LogP contribution in [-0.2, 0) is 6.54 Å². The number of benzene rings is 1. The van der Waals surface area contributed by atoms with Gasteiger partial charge in [-0.3, -0.25) is 0 Å². The average molecular weight is 315 g/mol. The summed E-state index contributed by atoms with van der Waals surface area (Å²) in [4.78, 5) is 11.6. The Bertz CT molecular complexity index is 698. The van der Waals surface area contributed by atoms with Crippen LogP contribution < -0.4 is 5.73 Å². The number of para-hydroxylation sites is 2. The number of imidazole rings is 1. The lowest BCUT2D eigenvalue weighted by molar-refractivity contribution is 0.455. The van der Waals surface area contributed by atoms with Gasteiger partial charge in [0.15, 0.2) is 5.96 Å². The highest BCUT2D eigenvalue weighted by Crippen LogP contribution is 2.38. The van der Waals surface area contributed by atoms with Crippen LogP contribution in [0.2, 0.25) is 0 Å². The van der Waals surface area contributed by atoms with E-state index in [9.17, 15) is 0 Å². The van der Waals surface area contributed by atoms with Crippen molar-refractivity contribution in [2.24, 2.45) is 10.7 Å². The molecule has 2 aliphatic rings. The molecule has 0 amide bonds. The topological polar surface area (TPSA) is 59.4 Å². The van der Waals surface area contributed by atoms with E-state index < -0.39 is 0 Å². The van der Waals surface area contributed by atoms with Gasteiger partial charge in [0.25, 0.3) is 0 Å². The van der Waals surface area contributed by atoms with Gasteiger partial charge in [-0.25, -0.2) is 9.98 Å². The molecule has 6 heteroatoms. The molecule has 1 aliphatic carbocycles. The van der Waals surface area contributed by atoms with Crippen LogP contribution in [0.4, 0.5) is 0 Å². The molecule has 0 spiro atoms. The molecule has 0 atom stereocenters. The zero-order valence-electron chi connectivity index (χ0n) is 12.6. The third kappa shape index (κ3) is 2.67. The van der Waals surface area contributed by atoms with Crippen molar-refractivity contribution in [2.75, 3.05) is 24.6 Å². The molecular formula is C16H21N5S. The SMILES string of the molecule is NC(=NCc1nc2ccccc2n1C1CC1)N1CCSCC1. The minimum absolute atomic E-state index is 0.570. The molecule has 0 bridgehead atoms. The standard InChI is InChI=1S/C16H21N5S/c17-16(20-7-9-22-10-8-20)18-11-15-19-13-3-1-2-4-14(13)21(15)12-5-6-12/h1-4,12H,5-11H2,(H2,17,18). The minimum Gasteiger partial charge on any atom is -0.370 e. The molecule has 116 valence electrons. The lowest BCUT2D eigenvalue weighted by atomic mass is 10.3. The number of aliphatic imine (C=N–C) groups is 1. The van der Waals surface area contributed by atoms with Gasteiger partial charge in [0.2, 0.25) is 0 Å². The summed E-state index contributed by atoms with van der Waals surface area (Å²) in [6, 6.07) is 8.95. The van der Waals surface area contributed by atoms with Crippen LogP contribution in [0.5, 0.6) is 0 Å². The number of hydrogen-bond acceptors (Lipinski definition) is 3. The Balaban J connectivity index is 1.59.